The Kier molecular flexibility index (Phi) is 5.65. The number of piperazine rings is 1. The van der Waals surface area contributed by atoms with Gasteiger partial charge >= 0.3 is 6.18 Å². The number of benzene rings is 2. The van der Waals surface area contributed by atoms with Crippen LogP contribution in [0.5, 0.6) is 0 Å². The maximum atomic E-state index is 13.2. The molecule has 3 rings (SSSR count). The standard InChI is InChI=1S/C21H21F3N2O/c1-2-20(27)26-13-11-25(12-14-26)15-16-7-9-17(10-8-16)18-5-3-4-6-19(18)21(22,23)24/h2-10H,1,11-15H2. The van der Waals surface area contributed by atoms with Crippen molar-refractivity contribution in [2.24, 2.45) is 0 Å². The Morgan fingerprint density at radius 2 is 1.63 bits per heavy atom. The Bertz CT molecular complexity index is 807. The molecule has 1 amide bonds. The van der Waals surface area contributed by atoms with Crippen LogP contribution in [0, 0.1) is 0 Å². The van der Waals surface area contributed by atoms with E-state index in [-0.39, 0.29) is 11.5 Å². The molecule has 0 N–H and O–H groups in total. The molecule has 0 atom stereocenters. The highest BCUT2D eigenvalue weighted by Gasteiger charge is 2.33. The largest absolute Gasteiger partial charge is 0.417 e. The predicted octanol–water partition coefficient (Wildman–Crippen LogP) is 4.20. The molecule has 0 unspecified atom stereocenters. The van der Waals surface area contributed by atoms with Crippen LogP contribution in [0.1, 0.15) is 11.1 Å². The summed E-state index contributed by atoms with van der Waals surface area (Å²) in [7, 11) is 0. The van der Waals surface area contributed by atoms with Crippen LogP contribution in [-0.2, 0) is 17.5 Å². The van der Waals surface area contributed by atoms with Crippen LogP contribution >= 0.6 is 0 Å². The van der Waals surface area contributed by atoms with Gasteiger partial charge < -0.3 is 4.90 Å². The monoisotopic (exact) mass is 374 g/mol. The Balaban J connectivity index is 1.67. The van der Waals surface area contributed by atoms with Gasteiger partial charge in [-0.2, -0.15) is 13.2 Å². The fourth-order valence-corrected chi connectivity index (χ4v) is 3.29. The zero-order valence-corrected chi connectivity index (χ0v) is 14.9. The third-order valence-corrected chi connectivity index (χ3v) is 4.76. The Morgan fingerprint density at radius 3 is 2.22 bits per heavy atom. The Morgan fingerprint density at radius 1 is 1.00 bits per heavy atom. The number of halogens is 3. The van der Waals surface area contributed by atoms with E-state index >= 15 is 0 Å². The van der Waals surface area contributed by atoms with E-state index in [4.69, 9.17) is 0 Å². The average molecular weight is 374 g/mol. The molecule has 0 radical (unpaired) electrons. The van der Waals surface area contributed by atoms with Gasteiger partial charge in [0.1, 0.15) is 0 Å². The zero-order chi connectivity index (χ0) is 19.4. The molecule has 0 saturated carbocycles. The van der Waals surface area contributed by atoms with Gasteiger partial charge in [-0.15, -0.1) is 0 Å². The Labute approximate surface area is 156 Å². The van der Waals surface area contributed by atoms with Crippen molar-refractivity contribution in [1.29, 1.82) is 0 Å². The molecule has 1 fully saturated rings. The van der Waals surface area contributed by atoms with Crippen LogP contribution in [0.4, 0.5) is 13.2 Å². The summed E-state index contributed by atoms with van der Waals surface area (Å²) in [4.78, 5) is 15.6. The van der Waals surface area contributed by atoms with Gasteiger partial charge in [-0.05, 0) is 28.8 Å². The van der Waals surface area contributed by atoms with Crippen molar-refractivity contribution >= 4 is 5.91 Å². The highest BCUT2D eigenvalue weighted by molar-refractivity contribution is 5.87. The van der Waals surface area contributed by atoms with E-state index in [9.17, 15) is 18.0 Å². The molecule has 142 valence electrons. The van der Waals surface area contributed by atoms with Gasteiger partial charge in [0.2, 0.25) is 5.91 Å². The van der Waals surface area contributed by atoms with E-state index in [1.807, 2.05) is 12.1 Å². The first kappa shape index (κ1) is 19.2. The van der Waals surface area contributed by atoms with Crippen LogP contribution in [0.2, 0.25) is 0 Å². The second kappa shape index (κ2) is 7.96. The molecule has 2 aromatic rings. The molecule has 1 aliphatic heterocycles. The lowest BCUT2D eigenvalue weighted by Crippen LogP contribution is -2.47. The van der Waals surface area contributed by atoms with Gasteiger partial charge in [0, 0.05) is 32.7 Å². The quantitative estimate of drug-likeness (QED) is 0.749. The minimum absolute atomic E-state index is 0.0534. The third kappa shape index (κ3) is 4.57. The van der Waals surface area contributed by atoms with Crippen molar-refractivity contribution in [3.8, 4) is 11.1 Å². The SMILES string of the molecule is C=CC(=O)N1CCN(Cc2ccc(-c3ccccc3C(F)(F)F)cc2)CC1. The number of carbonyl (C=O) groups excluding carboxylic acids is 1. The topological polar surface area (TPSA) is 23.6 Å². The second-order valence-corrected chi connectivity index (χ2v) is 6.55. The number of amides is 1. The van der Waals surface area contributed by atoms with Gasteiger partial charge in [-0.1, -0.05) is 49.0 Å². The minimum atomic E-state index is -4.38. The van der Waals surface area contributed by atoms with Gasteiger partial charge in [-0.3, -0.25) is 9.69 Å². The van der Waals surface area contributed by atoms with Crippen molar-refractivity contribution < 1.29 is 18.0 Å². The molecule has 6 heteroatoms. The molecule has 0 bridgehead atoms. The lowest BCUT2D eigenvalue weighted by atomic mass is 9.98. The fourth-order valence-electron chi connectivity index (χ4n) is 3.29. The van der Waals surface area contributed by atoms with Gasteiger partial charge in [-0.25, -0.2) is 0 Å². The molecule has 2 aromatic carbocycles. The summed E-state index contributed by atoms with van der Waals surface area (Å²) in [6.45, 7) is 7.04. The number of rotatable bonds is 4. The summed E-state index contributed by atoms with van der Waals surface area (Å²) >= 11 is 0. The molecular weight excluding hydrogens is 353 g/mol. The average Bonchev–Trinajstić information content (AvgIpc) is 2.68. The normalized spacial score (nSPS) is 15.6. The molecule has 0 aliphatic carbocycles. The van der Waals surface area contributed by atoms with Crippen molar-refractivity contribution in [3.05, 3.63) is 72.3 Å². The minimum Gasteiger partial charge on any atom is -0.337 e. The zero-order valence-electron chi connectivity index (χ0n) is 14.9. The lowest BCUT2D eigenvalue weighted by Gasteiger charge is -2.34. The molecule has 1 aliphatic rings. The first-order valence-electron chi connectivity index (χ1n) is 8.78. The van der Waals surface area contributed by atoms with E-state index < -0.39 is 11.7 Å². The van der Waals surface area contributed by atoms with Crippen LogP contribution in [0.15, 0.2) is 61.2 Å². The highest BCUT2D eigenvalue weighted by atomic mass is 19.4. The van der Waals surface area contributed by atoms with Crippen LogP contribution in [0.3, 0.4) is 0 Å². The molecule has 1 heterocycles. The van der Waals surface area contributed by atoms with Crippen molar-refractivity contribution in [2.45, 2.75) is 12.7 Å². The number of hydrogen-bond acceptors (Lipinski definition) is 2. The summed E-state index contributed by atoms with van der Waals surface area (Å²) in [5.41, 5.74) is 1.15. The van der Waals surface area contributed by atoms with Crippen LogP contribution < -0.4 is 0 Å². The van der Waals surface area contributed by atoms with Crippen molar-refractivity contribution in [2.75, 3.05) is 26.2 Å². The third-order valence-electron chi connectivity index (χ3n) is 4.76. The molecule has 0 spiro atoms. The van der Waals surface area contributed by atoms with E-state index in [0.29, 0.717) is 25.2 Å². The second-order valence-electron chi connectivity index (χ2n) is 6.55. The van der Waals surface area contributed by atoms with Gasteiger partial charge in [0.15, 0.2) is 0 Å². The van der Waals surface area contributed by atoms with Crippen molar-refractivity contribution in [1.82, 2.24) is 9.80 Å². The highest BCUT2D eigenvalue weighted by Crippen LogP contribution is 2.36. The van der Waals surface area contributed by atoms with Crippen molar-refractivity contribution in [3.63, 3.8) is 0 Å². The lowest BCUT2D eigenvalue weighted by molar-refractivity contribution is -0.137. The number of nitrogens with zero attached hydrogens (tertiary/aromatic N) is 2. The van der Waals surface area contributed by atoms with Crippen LogP contribution in [0.25, 0.3) is 11.1 Å². The van der Waals surface area contributed by atoms with E-state index in [0.717, 1.165) is 24.7 Å². The summed E-state index contributed by atoms with van der Waals surface area (Å²) < 4.78 is 39.6. The molecule has 0 aromatic heterocycles. The molecule has 3 nitrogen and oxygen atoms in total. The first-order valence-corrected chi connectivity index (χ1v) is 8.78. The summed E-state index contributed by atoms with van der Waals surface area (Å²) in [5, 5.41) is 0. The number of hydrogen-bond donors (Lipinski definition) is 0. The maximum absolute atomic E-state index is 13.2. The molecule has 1 saturated heterocycles. The number of carbonyl (C=O) groups is 1. The maximum Gasteiger partial charge on any atom is 0.417 e. The summed E-state index contributed by atoms with van der Waals surface area (Å²) in [6, 6.07) is 12.8. The Hall–Kier alpha value is -2.60. The molecule has 27 heavy (non-hydrogen) atoms. The first-order chi connectivity index (χ1) is 12.9. The smallest absolute Gasteiger partial charge is 0.337 e. The predicted molar refractivity (Wildman–Crippen MR) is 98.9 cm³/mol. The van der Waals surface area contributed by atoms with Crippen LogP contribution in [-0.4, -0.2) is 41.9 Å². The van der Waals surface area contributed by atoms with E-state index in [2.05, 4.69) is 11.5 Å². The van der Waals surface area contributed by atoms with Gasteiger partial charge in [0.05, 0.1) is 5.56 Å². The fraction of sp³-hybridized carbons (Fsp3) is 0.286. The van der Waals surface area contributed by atoms with E-state index in [1.165, 1.54) is 18.2 Å². The summed E-state index contributed by atoms with van der Waals surface area (Å²) in [6.07, 6.45) is -3.05. The molecular formula is C21H21F3N2O. The summed E-state index contributed by atoms with van der Waals surface area (Å²) in [5.74, 6) is -0.0534. The van der Waals surface area contributed by atoms with Gasteiger partial charge in [0.25, 0.3) is 0 Å². The number of alkyl halides is 3. The van der Waals surface area contributed by atoms with E-state index in [1.54, 1.807) is 23.1 Å².